The minimum absolute atomic E-state index is 0.221. The van der Waals surface area contributed by atoms with Crippen LogP contribution >= 0.6 is 15.9 Å². The molecule has 2 heterocycles. The molecule has 0 radical (unpaired) electrons. The summed E-state index contributed by atoms with van der Waals surface area (Å²) in [7, 11) is 0. The monoisotopic (exact) mass is 317 g/mol. The molecular weight excluding hydrogens is 310 g/mol. The van der Waals surface area contributed by atoms with Crippen molar-refractivity contribution in [3.8, 4) is 11.6 Å². The van der Waals surface area contributed by atoms with Gasteiger partial charge in [0.15, 0.2) is 0 Å². The minimum Gasteiger partial charge on any atom is -0.438 e. The van der Waals surface area contributed by atoms with Gasteiger partial charge < -0.3 is 9.72 Å². The predicted octanol–water partition coefficient (Wildman–Crippen LogP) is 2.87. The van der Waals surface area contributed by atoms with Gasteiger partial charge >= 0.3 is 0 Å². The van der Waals surface area contributed by atoms with Crippen LogP contribution in [-0.2, 0) is 0 Å². The van der Waals surface area contributed by atoms with Gasteiger partial charge in [-0.25, -0.2) is 4.98 Å². The van der Waals surface area contributed by atoms with Crippen LogP contribution in [0.15, 0.2) is 52.1 Å². The Morgan fingerprint density at radius 3 is 3.00 bits per heavy atom. The molecule has 0 aliphatic rings. The highest BCUT2D eigenvalue weighted by atomic mass is 79.9. The van der Waals surface area contributed by atoms with Crippen molar-refractivity contribution in [1.29, 1.82) is 0 Å². The summed E-state index contributed by atoms with van der Waals surface area (Å²) in [5.74, 6) is 0.795. The number of pyridine rings is 1. The fraction of sp³-hybridized carbons (Fsp3) is 0. The summed E-state index contributed by atoms with van der Waals surface area (Å²) in [6, 6.07) is 9.34. The fourth-order valence-electron chi connectivity index (χ4n) is 1.66. The maximum Gasteiger partial charge on any atom is 0.268 e. The summed E-state index contributed by atoms with van der Waals surface area (Å²) < 4.78 is 5.84. The van der Waals surface area contributed by atoms with Crippen LogP contribution in [0.2, 0.25) is 0 Å². The molecule has 2 aromatic heterocycles. The zero-order chi connectivity index (χ0) is 13.2. The van der Waals surface area contributed by atoms with E-state index in [0.29, 0.717) is 5.75 Å². The molecule has 3 rings (SSSR count). The number of nitrogens with one attached hydrogen (secondary N) is 1. The first-order chi connectivity index (χ1) is 9.24. The molecule has 0 spiro atoms. The summed E-state index contributed by atoms with van der Waals surface area (Å²) in [5.41, 5.74) is 0.532. The van der Waals surface area contributed by atoms with Crippen LogP contribution in [0.1, 0.15) is 0 Å². The third-order valence-electron chi connectivity index (χ3n) is 2.56. The van der Waals surface area contributed by atoms with Crippen LogP contribution in [0.4, 0.5) is 0 Å². The second-order valence-corrected chi connectivity index (χ2v) is 4.60. The van der Waals surface area contributed by atoms with Crippen molar-refractivity contribution in [2.45, 2.75) is 0 Å². The lowest BCUT2D eigenvalue weighted by molar-refractivity contribution is 0.457. The van der Waals surface area contributed by atoms with Gasteiger partial charge in [-0.05, 0) is 34.1 Å². The van der Waals surface area contributed by atoms with E-state index >= 15 is 0 Å². The summed E-state index contributed by atoms with van der Waals surface area (Å²) in [6.07, 6.45) is 3.01. The van der Waals surface area contributed by atoms with Crippen molar-refractivity contribution in [2.24, 2.45) is 0 Å². The van der Waals surface area contributed by atoms with Crippen molar-refractivity contribution < 1.29 is 4.74 Å². The Bertz CT molecular complexity index is 801. The van der Waals surface area contributed by atoms with Crippen LogP contribution < -0.4 is 10.3 Å². The van der Waals surface area contributed by atoms with Gasteiger partial charge in [-0.2, -0.15) is 0 Å². The molecule has 0 aliphatic heterocycles. The number of H-pyrrole nitrogens is 1. The van der Waals surface area contributed by atoms with E-state index in [9.17, 15) is 4.79 Å². The van der Waals surface area contributed by atoms with E-state index < -0.39 is 0 Å². The van der Waals surface area contributed by atoms with Gasteiger partial charge in [-0.3, -0.25) is 9.78 Å². The van der Waals surface area contributed by atoms with Gasteiger partial charge in [0, 0.05) is 17.6 Å². The Morgan fingerprint density at radius 2 is 2.11 bits per heavy atom. The minimum atomic E-state index is -0.288. The fourth-order valence-corrected chi connectivity index (χ4v) is 1.96. The number of aromatic nitrogens is 3. The lowest BCUT2D eigenvalue weighted by Crippen LogP contribution is -2.08. The van der Waals surface area contributed by atoms with Gasteiger partial charge in [0.1, 0.15) is 10.2 Å². The number of ether oxygens (including phenoxy) is 1. The van der Waals surface area contributed by atoms with Gasteiger partial charge in [-0.15, -0.1) is 0 Å². The largest absolute Gasteiger partial charge is 0.438 e. The second kappa shape index (κ2) is 4.81. The maximum atomic E-state index is 11.4. The number of aromatic amines is 1. The molecular formula is C13H8BrN3O2. The molecule has 0 atom stereocenters. The van der Waals surface area contributed by atoms with Gasteiger partial charge in [0.2, 0.25) is 5.88 Å². The van der Waals surface area contributed by atoms with Crippen LogP contribution in [0.5, 0.6) is 11.6 Å². The molecule has 6 heteroatoms. The molecule has 3 aromatic rings. The first kappa shape index (κ1) is 11.9. The van der Waals surface area contributed by atoms with Crippen molar-refractivity contribution in [3.63, 3.8) is 0 Å². The maximum absolute atomic E-state index is 11.4. The number of halogens is 1. The Morgan fingerprint density at radius 1 is 1.21 bits per heavy atom. The highest BCUT2D eigenvalue weighted by molar-refractivity contribution is 9.10. The molecule has 0 fully saturated rings. The average Bonchev–Trinajstić information content (AvgIpc) is 2.44. The third kappa shape index (κ3) is 2.34. The number of hydrogen-bond acceptors (Lipinski definition) is 4. The molecule has 0 saturated carbocycles. The molecule has 0 bridgehead atoms. The molecule has 0 unspecified atom stereocenters. The molecule has 19 heavy (non-hydrogen) atoms. The van der Waals surface area contributed by atoms with Crippen LogP contribution in [0.3, 0.4) is 0 Å². The van der Waals surface area contributed by atoms with Gasteiger partial charge in [0.25, 0.3) is 5.56 Å². The van der Waals surface area contributed by atoms with E-state index in [4.69, 9.17) is 4.74 Å². The second-order valence-electron chi connectivity index (χ2n) is 3.81. The summed E-state index contributed by atoms with van der Waals surface area (Å²) in [4.78, 5) is 22.1. The molecule has 0 amide bonds. The van der Waals surface area contributed by atoms with E-state index in [2.05, 4.69) is 30.9 Å². The molecule has 94 valence electrons. The normalized spacial score (nSPS) is 10.6. The topological polar surface area (TPSA) is 67.9 Å². The van der Waals surface area contributed by atoms with Gasteiger partial charge in [-0.1, -0.05) is 6.07 Å². The van der Waals surface area contributed by atoms with E-state index in [1.54, 1.807) is 18.3 Å². The molecule has 5 nitrogen and oxygen atoms in total. The smallest absolute Gasteiger partial charge is 0.268 e. The van der Waals surface area contributed by atoms with Crippen LogP contribution in [0, 0.1) is 0 Å². The lowest BCUT2D eigenvalue weighted by atomic mass is 10.2. The van der Waals surface area contributed by atoms with E-state index in [0.717, 1.165) is 10.9 Å². The van der Waals surface area contributed by atoms with E-state index in [1.165, 1.54) is 6.33 Å². The number of hydrogen-bond donors (Lipinski definition) is 1. The zero-order valence-electron chi connectivity index (χ0n) is 9.63. The van der Waals surface area contributed by atoms with Gasteiger partial charge in [0.05, 0.1) is 11.8 Å². The molecule has 1 aromatic carbocycles. The van der Waals surface area contributed by atoms with E-state index in [1.807, 2.05) is 18.2 Å². The number of rotatable bonds is 2. The lowest BCUT2D eigenvalue weighted by Gasteiger charge is -2.06. The first-order valence-electron chi connectivity index (χ1n) is 5.50. The van der Waals surface area contributed by atoms with Crippen molar-refractivity contribution in [3.05, 3.63) is 57.7 Å². The average molecular weight is 318 g/mol. The summed E-state index contributed by atoms with van der Waals surface area (Å²) in [5, 5.41) is 1.02. The SMILES string of the molecule is O=c1[nH]cnc(Oc2ccc3cccnc3c2)c1Br. The third-order valence-corrected chi connectivity index (χ3v) is 3.26. The zero-order valence-corrected chi connectivity index (χ0v) is 11.2. The standard InChI is InChI=1S/C13H8BrN3O2/c14-11-12(18)16-7-17-13(11)19-9-4-3-8-2-1-5-15-10(8)6-9/h1-7H,(H,16,17,18). The molecule has 1 N–H and O–H groups in total. The quantitative estimate of drug-likeness (QED) is 0.789. The summed E-state index contributed by atoms with van der Waals surface area (Å²) >= 11 is 3.14. The predicted molar refractivity (Wildman–Crippen MR) is 74.4 cm³/mol. The number of fused-ring (bicyclic) bond motifs is 1. The first-order valence-corrected chi connectivity index (χ1v) is 6.29. The molecule has 0 saturated heterocycles. The molecule has 0 aliphatic carbocycles. The van der Waals surface area contributed by atoms with Crippen LogP contribution in [0.25, 0.3) is 10.9 Å². The number of benzene rings is 1. The van der Waals surface area contributed by atoms with Crippen molar-refractivity contribution in [2.75, 3.05) is 0 Å². The van der Waals surface area contributed by atoms with Crippen LogP contribution in [-0.4, -0.2) is 15.0 Å². The highest BCUT2D eigenvalue weighted by Crippen LogP contribution is 2.26. The Labute approximate surface area is 116 Å². The van der Waals surface area contributed by atoms with Crippen molar-refractivity contribution in [1.82, 2.24) is 15.0 Å². The Hall–Kier alpha value is -2.21. The highest BCUT2D eigenvalue weighted by Gasteiger charge is 2.08. The van der Waals surface area contributed by atoms with E-state index in [-0.39, 0.29) is 15.9 Å². The number of nitrogens with zero attached hydrogens (tertiary/aromatic N) is 2. The Kier molecular flexibility index (Phi) is 3.00. The Balaban J connectivity index is 2.01. The summed E-state index contributed by atoms with van der Waals surface area (Å²) in [6.45, 7) is 0. The van der Waals surface area contributed by atoms with Crippen molar-refractivity contribution >= 4 is 26.8 Å².